The Kier molecular flexibility index (Phi) is 4.11. The Morgan fingerprint density at radius 1 is 1.30 bits per heavy atom. The van der Waals surface area contributed by atoms with E-state index in [0.29, 0.717) is 25.6 Å². The summed E-state index contributed by atoms with van der Waals surface area (Å²) in [6, 6.07) is 9.81. The van der Waals surface area contributed by atoms with Gasteiger partial charge in [-0.15, -0.1) is 0 Å². The van der Waals surface area contributed by atoms with Gasteiger partial charge in [0, 0.05) is 30.6 Å². The summed E-state index contributed by atoms with van der Waals surface area (Å²) in [6.07, 6.45) is 1.54. The fourth-order valence-corrected chi connectivity index (χ4v) is 2.51. The molecule has 1 aliphatic rings. The number of likely N-dealkylation sites (tertiary alicyclic amines) is 1. The zero-order valence-electron chi connectivity index (χ0n) is 13.8. The molecule has 5 nitrogen and oxygen atoms in total. The number of fused-ring (bicyclic) bond motifs is 1. The molecule has 23 heavy (non-hydrogen) atoms. The number of rotatable bonds is 3. The summed E-state index contributed by atoms with van der Waals surface area (Å²) in [5.41, 5.74) is 0.511. The standard InChI is InChI=1S/C18H22N2O3/c1-18(2,3)23-17(21)20-10-13(11-20)12-22-15-6-7-16-14(9-15)5-4-8-19-16/h4-9,13H,10-12H2,1-3H3. The van der Waals surface area contributed by atoms with E-state index < -0.39 is 5.60 Å². The van der Waals surface area contributed by atoms with Crippen molar-refractivity contribution >= 4 is 17.0 Å². The maximum Gasteiger partial charge on any atom is 0.410 e. The van der Waals surface area contributed by atoms with E-state index in [1.807, 2.05) is 51.1 Å². The third-order valence-corrected chi connectivity index (χ3v) is 3.67. The minimum atomic E-state index is -0.447. The quantitative estimate of drug-likeness (QED) is 0.870. The van der Waals surface area contributed by atoms with Crippen LogP contribution < -0.4 is 4.74 Å². The average molecular weight is 314 g/mol. The zero-order chi connectivity index (χ0) is 16.4. The number of aromatic nitrogens is 1. The summed E-state index contributed by atoms with van der Waals surface area (Å²) in [6.45, 7) is 7.60. The van der Waals surface area contributed by atoms with Crippen molar-refractivity contribution in [1.82, 2.24) is 9.88 Å². The second-order valence-electron chi connectivity index (χ2n) is 6.92. The number of benzene rings is 1. The van der Waals surface area contributed by atoms with E-state index in [2.05, 4.69) is 4.98 Å². The van der Waals surface area contributed by atoms with Gasteiger partial charge in [-0.05, 0) is 45.0 Å². The van der Waals surface area contributed by atoms with Crippen LogP contribution in [0.1, 0.15) is 20.8 Å². The lowest BCUT2D eigenvalue weighted by atomic mass is 10.0. The lowest BCUT2D eigenvalue weighted by Crippen LogP contribution is -2.53. The minimum absolute atomic E-state index is 0.245. The zero-order valence-corrected chi connectivity index (χ0v) is 13.8. The number of nitrogens with zero attached hydrogens (tertiary/aromatic N) is 2. The van der Waals surface area contributed by atoms with Crippen LogP contribution in [0.25, 0.3) is 10.9 Å². The van der Waals surface area contributed by atoms with Crippen molar-refractivity contribution in [3.63, 3.8) is 0 Å². The van der Waals surface area contributed by atoms with Crippen LogP contribution in [0.5, 0.6) is 5.75 Å². The number of hydrogen-bond donors (Lipinski definition) is 0. The van der Waals surface area contributed by atoms with Gasteiger partial charge in [0.2, 0.25) is 0 Å². The largest absolute Gasteiger partial charge is 0.493 e. The van der Waals surface area contributed by atoms with Crippen molar-refractivity contribution < 1.29 is 14.3 Å². The second-order valence-corrected chi connectivity index (χ2v) is 6.92. The number of hydrogen-bond acceptors (Lipinski definition) is 4. The van der Waals surface area contributed by atoms with E-state index in [1.165, 1.54) is 0 Å². The molecule has 0 saturated carbocycles. The van der Waals surface area contributed by atoms with Crippen molar-refractivity contribution in [2.24, 2.45) is 5.92 Å². The molecule has 0 spiro atoms. The van der Waals surface area contributed by atoms with Crippen LogP contribution in [-0.2, 0) is 4.74 Å². The molecular weight excluding hydrogens is 292 g/mol. The molecule has 1 aliphatic heterocycles. The number of pyridine rings is 1. The smallest absolute Gasteiger partial charge is 0.410 e. The third-order valence-electron chi connectivity index (χ3n) is 3.67. The molecule has 122 valence electrons. The summed E-state index contributed by atoms with van der Waals surface area (Å²) < 4.78 is 11.2. The number of amides is 1. The molecule has 0 radical (unpaired) electrons. The van der Waals surface area contributed by atoms with Crippen LogP contribution in [0.3, 0.4) is 0 Å². The number of carbonyl (C=O) groups excluding carboxylic acids is 1. The third kappa shape index (κ3) is 3.92. The Bertz CT molecular complexity index is 703. The minimum Gasteiger partial charge on any atom is -0.493 e. The molecule has 0 unspecified atom stereocenters. The summed E-state index contributed by atoms with van der Waals surface area (Å²) in [5.74, 6) is 1.19. The molecule has 5 heteroatoms. The van der Waals surface area contributed by atoms with Gasteiger partial charge in [0.15, 0.2) is 0 Å². The highest BCUT2D eigenvalue weighted by Crippen LogP contribution is 2.23. The molecule has 2 heterocycles. The number of carbonyl (C=O) groups is 1. The van der Waals surface area contributed by atoms with Gasteiger partial charge in [0.25, 0.3) is 0 Å². The second kappa shape index (κ2) is 6.07. The van der Waals surface area contributed by atoms with Crippen molar-refractivity contribution in [1.29, 1.82) is 0 Å². The monoisotopic (exact) mass is 314 g/mol. The van der Waals surface area contributed by atoms with Crippen molar-refractivity contribution in [2.75, 3.05) is 19.7 Å². The van der Waals surface area contributed by atoms with E-state index in [1.54, 1.807) is 11.1 Å². The molecule has 0 aliphatic carbocycles. The molecule has 0 bridgehead atoms. The molecule has 1 aromatic carbocycles. The summed E-state index contributed by atoms with van der Waals surface area (Å²) >= 11 is 0. The van der Waals surface area contributed by atoms with E-state index >= 15 is 0 Å². The van der Waals surface area contributed by atoms with Crippen molar-refractivity contribution in [3.8, 4) is 5.75 Å². The Balaban J connectivity index is 1.48. The SMILES string of the molecule is CC(C)(C)OC(=O)N1CC(COc2ccc3ncccc3c2)C1. The normalized spacial score (nSPS) is 15.3. The van der Waals surface area contributed by atoms with E-state index in [0.717, 1.165) is 16.7 Å². The molecule has 1 fully saturated rings. The van der Waals surface area contributed by atoms with Crippen LogP contribution in [0.15, 0.2) is 36.5 Å². The summed E-state index contributed by atoms with van der Waals surface area (Å²) in [7, 11) is 0. The van der Waals surface area contributed by atoms with Crippen LogP contribution >= 0.6 is 0 Å². The van der Waals surface area contributed by atoms with Gasteiger partial charge in [0.1, 0.15) is 11.4 Å². The number of ether oxygens (including phenoxy) is 2. The highest BCUT2D eigenvalue weighted by Gasteiger charge is 2.33. The first kappa shape index (κ1) is 15.6. The van der Waals surface area contributed by atoms with E-state index in [4.69, 9.17) is 9.47 Å². The van der Waals surface area contributed by atoms with Crippen LogP contribution in [-0.4, -0.2) is 41.3 Å². The van der Waals surface area contributed by atoms with Crippen molar-refractivity contribution in [2.45, 2.75) is 26.4 Å². The van der Waals surface area contributed by atoms with Crippen LogP contribution in [0, 0.1) is 5.92 Å². The predicted molar refractivity (Wildman–Crippen MR) is 88.5 cm³/mol. The van der Waals surface area contributed by atoms with Gasteiger partial charge in [-0.25, -0.2) is 4.79 Å². The predicted octanol–water partition coefficient (Wildman–Crippen LogP) is 3.48. The molecule has 3 rings (SSSR count). The first-order chi connectivity index (χ1) is 10.9. The molecule has 0 N–H and O–H groups in total. The molecular formula is C18H22N2O3. The fourth-order valence-electron chi connectivity index (χ4n) is 2.51. The maximum absolute atomic E-state index is 11.9. The van der Waals surface area contributed by atoms with Gasteiger partial charge < -0.3 is 14.4 Å². The topological polar surface area (TPSA) is 51.7 Å². The van der Waals surface area contributed by atoms with Crippen LogP contribution in [0.4, 0.5) is 4.79 Å². The first-order valence-electron chi connectivity index (χ1n) is 7.86. The van der Waals surface area contributed by atoms with E-state index in [-0.39, 0.29) is 6.09 Å². The van der Waals surface area contributed by atoms with Gasteiger partial charge >= 0.3 is 6.09 Å². The van der Waals surface area contributed by atoms with Crippen molar-refractivity contribution in [3.05, 3.63) is 36.5 Å². The lowest BCUT2D eigenvalue weighted by Gasteiger charge is -2.39. The summed E-state index contributed by atoms with van der Waals surface area (Å²) in [5, 5.41) is 1.06. The van der Waals surface area contributed by atoms with Gasteiger partial charge in [-0.3, -0.25) is 4.98 Å². The van der Waals surface area contributed by atoms with Gasteiger partial charge in [-0.2, -0.15) is 0 Å². The molecule has 2 aromatic rings. The van der Waals surface area contributed by atoms with E-state index in [9.17, 15) is 4.79 Å². The highest BCUT2D eigenvalue weighted by molar-refractivity contribution is 5.79. The highest BCUT2D eigenvalue weighted by atomic mass is 16.6. The Morgan fingerprint density at radius 3 is 2.83 bits per heavy atom. The van der Waals surface area contributed by atoms with Gasteiger partial charge in [0.05, 0.1) is 12.1 Å². The average Bonchev–Trinajstić information content (AvgIpc) is 2.43. The Labute approximate surface area is 136 Å². The molecule has 1 saturated heterocycles. The molecule has 0 atom stereocenters. The van der Waals surface area contributed by atoms with Gasteiger partial charge in [-0.1, -0.05) is 6.07 Å². The fraction of sp³-hybridized carbons (Fsp3) is 0.444. The van der Waals surface area contributed by atoms with Crippen LogP contribution in [0.2, 0.25) is 0 Å². The molecule has 1 amide bonds. The Hall–Kier alpha value is -2.30. The first-order valence-corrected chi connectivity index (χ1v) is 7.86. The maximum atomic E-state index is 11.9. The Morgan fingerprint density at radius 2 is 2.09 bits per heavy atom. The molecule has 1 aromatic heterocycles. The summed E-state index contributed by atoms with van der Waals surface area (Å²) in [4.78, 5) is 17.9. The lowest BCUT2D eigenvalue weighted by molar-refractivity contribution is -0.00780.